The van der Waals surface area contributed by atoms with Crippen LogP contribution in [0.3, 0.4) is 0 Å². The van der Waals surface area contributed by atoms with Crippen molar-refractivity contribution in [3.63, 3.8) is 0 Å². The van der Waals surface area contributed by atoms with Crippen LogP contribution in [0.1, 0.15) is 5.76 Å². The van der Waals surface area contributed by atoms with Gasteiger partial charge in [-0.25, -0.2) is 0 Å². The molecule has 0 saturated carbocycles. The average molecular weight is 472 g/mol. The van der Waals surface area contributed by atoms with Crippen molar-refractivity contribution in [2.24, 2.45) is 4.99 Å². The van der Waals surface area contributed by atoms with Crippen molar-refractivity contribution < 1.29 is 4.42 Å². The van der Waals surface area contributed by atoms with Gasteiger partial charge in [0.1, 0.15) is 5.76 Å². The highest BCUT2D eigenvalue weighted by atomic mass is 127. The Bertz CT molecular complexity index is 634. The lowest BCUT2D eigenvalue weighted by molar-refractivity contribution is 0.374. The van der Waals surface area contributed by atoms with Crippen LogP contribution in [0.15, 0.2) is 58.0 Å². The number of halogens is 1. The zero-order chi connectivity index (χ0) is 16.6. The van der Waals surface area contributed by atoms with Crippen molar-refractivity contribution in [1.29, 1.82) is 0 Å². The lowest BCUT2D eigenvalue weighted by Gasteiger charge is -2.37. The number of thiophene rings is 1. The van der Waals surface area contributed by atoms with Gasteiger partial charge in [0.05, 0.1) is 11.3 Å². The van der Waals surface area contributed by atoms with Crippen LogP contribution in [-0.4, -0.2) is 50.1 Å². The topological polar surface area (TPSA) is 44.0 Å². The number of anilines is 1. The summed E-state index contributed by atoms with van der Waals surface area (Å²) in [6.07, 6.45) is 4.39. The van der Waals surface area contributed by atoms with Crippen molar-refractivity contribution in [1.82, 2.24) is 10.2 Å². The fraction of sp³-hybridized carbons (Fsp3) is 0.389. The predicted molar refractivity (Wildman–Crippen MR) is 116 cm³/mol. The Balaban J connectivity index is 0.00000225. The van der Waals surface area contributed by atoms with Crippen LogP contribution >= 0.6 is 35.3 Å². The molecule has 0 radical (unpaired) electrons. The fourth-order valence-corrected chi connectivity index (χ4v) is 3.53. The molecule has 0 aliphatic carbocycles. The van der Waals surface area contributed by atoms with E-state index in [1.165, 1.54) is 5.00 Å². The SMILES string of the molecule is C=CCNC(=NCCc1ccco1)N1CCN(c2cccs2)CC1.I. The molecule has 1 aliphatic rings. The summed E-state index contributed by atoms with van der Waals surface area (Å²) in [5.74, 6) is 1.94. The minimum atomic E-state index is 0. The predicted octanol–water partition coefficient (Wildman–Crippen LogP) is 3.46. The average Bonchev–Trinajstić information content (AvgIpc) is 3.32. The molecule has 1 N–H and O–H groups in total. The maximum Gasteiger partial charge on any atom is 0.194 e. The molecule has 3 heterocycles. The van der Waals surface area contributed by atoms with E-state index in [4.69, 9.17) is 9.41 Å². The summed E-state index contributed by atoms with van der Waals surface area (Å²) in [7, 11) is 0. The van der Waals surface area contributed by atoms with Crippen molar-refractivity contribution >= 4 is 46.3 Å². The standard InChI is InChI=1S/C18H24N4OS.HI/c1-2-8-19-18(20-9-7-16-5-3-14-23-16)22-12-10-21(11-13-22)17-6-4-15-24-17;/h2-6,14-15H,1,7-13H2,(H,19,20);1H. The second-order valence-corrected chi connectivity index (χ2v) is 6.56. The van der Waals surface area contributed by atoms with Gasteiger partial charge >= 0.3 is 0 Å². The van der Waals surface area contributed by atoms with Crippen molar-refractivity contribution in [3.05, 3.63) is 54.3 Å². The first-order valence-corrected chi connectivity index (χ1v) is 9.20. The van der Waals surface area contributed by atoms with E-state index >= 15 is 0 Å². The molecule has 0 unspecified atom stereocenters. The van der Waals surface area contributed by atoms with Gasteiger partial charge in [-0.05, 0) is 29.6 Å². The fourth-order valence-electron chi connectivity index (χ4n) is 2.75. The second kappa shape index (κ2) is 10.5. The summed E-state index contributed by atoms with van der Waals surface area (Å²) < 4.78 is 5.37. The Kier molecular flexibility index (Phi) is 8.33. The molecular formula is C18H25IN4OS. The molecule has 25 heavy (non-hydrogen) atoms. The summed E-state index contributed by atoms with van der Waals surface area (Å²) in [6.45, 7) is 9.22. The number of guanidine groups is 1. The van der Waals surface area contributed by atoms with Crippen LogP contribution < -0.4 is 10.2 Å². The van der Waals surface area contributed by atoms with E-state index in [9.17, 15) is 0 Å². The summed E-state index contributed by atoms with van der Waals surface area (Å²) in [4.78, 5) is 9.52. The molecule has 7 heteroatoms. The lowest BCUT2D eigenvalue weighted by Crippen LogP contribution is -2.52. The molecule has 1 fully saturated rings. The van der Waals surface area contributed by atoms with Gasteiger partial charge in [-0.2, -0.15) is 0 Å². The molecule has 136 valence electrons. The smallest absolute Gasteiger partial charge is 0.194 e. The Morgan fingerprint density at radius 1 is 1.28 bits per heavy atom. The number of nitrogens with one attached hydrogen (secondary N) is 1. The largest absolute Gasteiger partial charge is 0.469 e. The monoisotopic (exact) mass is 472 g/mol. The molecular weight excluding hydrogens is 447 g/mol. The molecule has 0 spiro atoms. The molecule has 1 aliphatic heterocycles. The maximum atomic E-state index is 5.37. The van der Waals surface area contributed by atoms with E-state index in [0.717, 1.165) is 57.4 Å². The van der Waals surface area contributed by atoms with Gasteiger partial charge in [0.2, 0.25) is 0 Å². The highest BCUT2D eigenvalue weighted by Gasteiger charge is 2.20. The Hall–Kier alpha value is -1.48. The minimum Gasteiger partial charge on any atom is -0.469 e. The molecule has 5 nitrogen and oxygen atoms in total. The van der Waals surface area contributed by atoms with Gasteiger partial charge in [-0.15, -0.1) is 41.9 Å². The van der Waals surface area contributed by atoms with E-state index in [0.29, 0.717) is 0 Å². The number of piperazine rings is 1. The van der Waals surface area contributed by atoms with Crippen molar-refractivity contribution in [2.45, 2.75) is 6.42 Å². The van der Waals surface area contributed by atoms with E-state index in [2.05, 4.69) is 39.2 Å². The molecule has 3 rings (SSSR count). The van der Waals surface area contributed by atoms with Gasteiger partial charge in [0.15, 0.2) is 5.96 Å². The zero-order valence-electron chi connectivity index (χ0n) is 14.3. The third-order valence-electron chi connectivity index (χ3n) is 4.00. The lowest BCUT2D eigenvalue weighted by atomic mass is 10.3. The third-order valence-corrected chi connectivity index (χ3v) is 4.93. The number of nitrogens with zero attached hydrogens (tertiary/aromatic N) is 3. The number of furan rings is 1. The molecule has 1 saturated heterocycles. The Labute approximate surface area is 170 Å². The summed E-state index contributed by atoms with van der Waals surface area (Å²) in [5, 5.41) is 6.87. The number of aliphatic imine (C=N–C) groups is 1. The van der Waals surface area contributed by atoms with Gasteiger partial charge in [-0.3, -0.25) is 4.99 Å². The minimum absolute atomic E-state index is 0. The summed E-state index contributed by atoms with van der Waals surface area (Å²) in [6, 6.07) is 8.21. The zero-order valence-corrected chi connectivity index (χ0v) is 17.4. The van der Waals surface area contributed by atoms with Crippen molar-refractivity contribution in [3.8, 4) is 0 Å². The van der Waals surface area contributed by atoms with E-state index in [1.54, 1.807) is 17.6 Å². The number of hydrogen-bond acceptors (Lipinski definition) is 4. The van der Waals surface area contributed by atoms with Crippen LogP contribution in [0.2, 0.25) is 0 Å². The second-order valence-electron chi connectivity index (χ2n) is 5.63. The number of hydrogen-bond donors (Lipinski definition) is 1. The van der Waals surface area contributed by atoms with Crippen molar-refractivity contribution in [2.75, 3.05) is 44.2 Å². The summed E-state index contributed by atoms with van der Waals surface area (Å²) >= 11 is 1.80. The van der Waals surface area contributed by atoms with Crippen LogP contribution in [0.4, 0.5) is 5.00 Å². The maximum absolute atomic E-state index is 5.37. The summed E-state index contributed by atoms with van der Waals surface area (Å²) in [5.41, 5.74) is 0. The van der Waals surface area contributed by atoms with E-state index < -0.39 is 0 Å². The van der Waals surface area contributed by atoms with Crippen LogP contribution in [0, 0.1) is 0 Å². The molecule has 2 aromatic rings. The van der Waals surface area contributed by atoms with Crippen LogP contribution in [-0.2, 0) is 6.42 Å². The Morgan fingerprint density at radius 2 is 2.12 bits per heavy atom. The Morgan fingerprint density at radius 3 is 2.76 bits per heavy atom. The molecule has 0 atom stereocenters. The molecule has 0 amide bonds. The van der Waals surface area contributed by atoms with Gasteiger partial charge in [0, 0.05) is 45.7 Å². The highest BCUT2D eigenvalue weighted by Crippen LogP contribution is 2.22. The third kappa shape index (κ3) is 5.78. The van der Waals surface area contributed by atoms with Crippen LogP contribution in [0.5, 0.6) is 0 Å². The van der Waals surface area contributed by atoms with E-state index in [1.807, 2.05) is 18.2 Å². The molecule has 2 aromatic heterocycles. The molecule has 0 aromatic carbocycles. The normalized spacial score (nSPS) is 15.0. The first-order chi connectivity index (χ1) is 11.9. The quantitative estimate of drug-likeness (QED) is 0.303. The first kappa shape index (κ1) is 19.8. The first-order valence-electron chi connectivity index (χ1n) is 8.32. The van der Waals surface area contributed by atoms with Gasteiger partial charge in [0.25, 0.3) is 0 Å². The molecule has 0 bridgehead atoms. The number of rotatable bonds is 6. The highest BCUT2D eigenvalue weighted by molar-refractivity contribution is 14.0. The van der Waals surface area contributed by atoms with Gasteiger partial charge < -0.3 is 19.5 Å². The van der Waals surface area contributed by atoms with E-state index in [-0.39, 0.29) is 24.0 Å². The van der Waals surface area contributed by atoms with Crippen LogP contribution in [0.25, 0.3) is 0 Å². The van der Waals surface area contributed by atoms with Gasteiger partial charge in [-0.1, -0.05) is 6.08 Å².